The molecule has 0 unspecified atom stereocenters. The van der Waals surface area contributed by atoms with Gasteiger partial charge in [-0.05, 0) is 24.3 Å². The third kappa shape index (κ3) is 4.73. The smallest absolute Gasteiger partial charge is 0.270 e. The molecule has 3 rings (SSSR count). The molecule has 9 nitrogen and oxygen atoms in total. The van der Waals surface area contributed by atoms with Crippen molar-refractivity contribution < 1.29 is 23.9 Å². The molecule has 1 aromatic carbocycles. The molecular formula is C21H26N4O5. The van der Waals surface area contributed by atoms with Gasteiger partial charge in [0, 0.05) is 45.4 Å². The van der Waals surface area contributed by atoms with Gasteiger partial charge in [-0.2, -0.15) is 0 Å². The van der Waals surface area contributed by atoms with Gasteiger partial charge in [-0.25, -0.2) is 0 Å². The molecule has 0 aliphatic carbocycles. The van der Waals surface area contributed by atoms with Crippen LogP contribution in [0.3, 0.4) is 0 Å². The second kappa shape index (κ2) is 9.34. The number of hydrogen-bond donors (Lipinski definition) is 1. The average molecular weight is 414 g/mol. The Hall–Kier alpha value is -3.49. The summed E-state index contributed by atoms with van der Waals surface area (Å²) in [4.78, 5) is 40.4. The van der Waals surface area contributed by atoms with E-state index in [4.69, 9.17) is 9.47 Å². The van der Waals surface area contributed by atoms with Crippen molar-refractivity contribution in [2.45, 2.75) is 13.5 Å². The Morgan fingerprint density at radius 3 is 2.33 bits per heavy atom. The summed E-state index contributed by atoms with van der Waals surface area (Å²) in [5.41, 5.74) is 0.918. The van der Waals surface area contributed by atoms with Gasteiger partial charge in [-0.15, -0.1) is 0 Å². The van der Waals surface area contributed by atoms with Gasteiger partial charge in [0.05, 0.1) is 19.9 Å². The van der Waals surface area contributed by atoms with Crippen LogP contribution in [-0.2, 0) is 16.1 Å². The van der Waals surface area contributed by atoms with E-state index in [1.807, 2.05) is 0 Å². The number of ether oxygens (including phenoxy) is 2. The first-order valence-electron chi connectivity index (χ1n) is 9.64. The maximum atomic E-state index is 12.9. The summed E-state index contributed by atoms with van der Waals surface area (Å²) in [5.74, 6) is 0.655. The van der Waals surface area contributed by atoms with Crippen molar-refractivity contribution in [3.8, 4) is 11.5 Å². The number of benzene rings is 1. The quantitative estimate of drug-likeness (QED) is 0.772. The largest absolute Gasteiger partial charge is 0.497 e. The Bertz CT molecular complexity index is 931. The lowest BCUT2D eigenvalue weighted by molar-refractivity contribution is -0.130. The van der Waals surface area contributed by atoms with Gasteiger partial charge in [0.1, 0.15) is 23.7 Å². The molecule has 3 amide bonds. The van der Waals surface area contributed by atoms with Crippen molar-refractivity contribution in [1.29, 1.82) is 0 Å². The highest BCUT2D eigenvalue weighted by Crippen LogP contribution is 2.28. The first kappa shape index (κ1) is 21.2. The van der Waals surface area contributed by atoms with Crippen LogP contribution < -0.4 is 14.8 Å². The number of carbonyl (C=O) groups excluding carboxylic acids is 3. The minimum atomic E-state index is -0.298. The van der Waals surface area contributed by atoms with Crippen LogP contribution in [0.2, 0.25) is 0 Å². The molecule has 2 aromatic rings. The summed E-state index contributed by atoms with van der Waals surface area (Å²) in [6, 6.07) is 8.55. The minimum Gasteiger partial charge on any atom is -0.497 e. The summed E-state index contributed by atoms with van der Waals surface area (Å²) >= 11 is 0. The van der Waals surface area contributed by atoms with Crippen LogP contribution in [0.4, 0.5) is 5.69 Å². The third-order valence-corrected chi connectivity index (χ3v) is 5.06. The van der Waals surface area contributed by atoms with Gasteiger partial charge in [-0.1, -0.05) is 0 Å². The summed E-state index contributed by atoms with van der Waals surface area (Å²) in [6.45, 7) is 3.46. The van der Waals surface area contributed by atoms with Crippen LogP contribution >= 0.6 is 0 Å². The molecule has 0 spiro atoms. The zero-order valence-electron chi connectivity index (χ0n) is 17.4. The van der Waals surface area contributed by atoms with E-state index in [0.717, 1.165) is 0 Å². The molecule has 0 bridgehead atoms. The third-order valence-electron chi connectivity index (χ3n) is 5.06. The lowest BCUT2D eigenvalue weighted by Crippen LogP contribution is -2.50. The molecule has 30 heavy (non-hydrogen) atoms. The number of rotatable bonds is 6. The van der Waals surface area contributed by atoms with Crippen molar-refractivity contribution in [1.82, 2.24) is 14.4 Å². The van der Waals surface area contributed by atoms with Crippen molar-refractivity contribution in [2.24, 2.45) is 0 Å². The molecule has 0 radical (unpaired) electrons. The van der Waals surface area contributed by atoms with E-state index in [1.54, 1.807) is 58.0 Å². The Morgan fingerprint density at radius 1 is 1.00 bits per heavy atom. The predicted octanol–water partition coefficient (Wildman–Crippen LogP) is 1.45. The van der Waals surface area contributed by atoms with Crippen molar-refractivity contribution >= 4 is 23.4 Å². The van der Waals surface area contributed by atoms with Crippen molar-refractivity contribution in [2.75, 3.05) is 45.7 Å². The van der Waals surface area contributed by atoms with Gasteiger partial charge >= 0.3 is 0 Å². The molecule has 160 valence electrons. The highest BCUT2D eigenvalue weighted by atomic mass is 16.5. The highest BCUT2D eigenvalue weighted by Gasteiger charge is 2.25. The summed E-state index contributed by atoms with van der Waals surface area (Å²) in [6.07, 6.45) is 1.70. The number of piperazine rings is 1. The molecule has 2 heterocycles. The second-order valence-electron chi connectivity index (χ2n) is 6.93. The van der Waals surface area contributed by atoms with E-state index in [2.05, 4.69) is 5.32 Å². The lowest BCUT2D eigenvalue weighted by atomic mass is 10.2. The van der Waals surface area contributed by atoms with Crippen molar-refractivity contribution in [3.63, 3.8) is 0 Å². The minimum absolute atomic E-state index is 0.00937. The fourth-order valence-corrected chi connectivity index (χ4v) is 3.39. The van der Waals surface area contributed by atoms with E-state index < -0.39 is 0 Å². The lowest BCUT2D eigenvalue weighted by Gasteiger charge is -2.34. The Morgan fingerprint density at radius 2 is 1.70 bits per heavy atom. The Kier molecular flexibility index (Phi) is 6.61. The van der Waals surface area contributed by atoms with Crippen molar-refractivity contribution in [3.05, 3.63) is 42.2 Å². The molecule has 1 aliphatic heterocycles. The van der Waals surface area contributed by atoms with Gasteiger partial charge in [0.15, 0.2) is 0 Å². The van der Waals surface area contributed by atoms with E-state index >= 15 is 0 Å². The summed E-state index contributed by atoms with van der Waals surface area (Å²) < 4.78 is 12.1. The molecule has 1 aromatic heterocycles. The monoisotopic (exact) mass is 414 g/mol. The van der Waals surface area contributed by atoms with Gasteiger partial charge in [-0.3, -0.25) is 14.4 Å². The Labute approximate surface area is 175 Å². The predicted molar refractivity (Wildman–Crippen MR) is 111 cm³/mol. The first-order chi connectivity index (χ1) is 14.4. The van der Waals surface area contributed by atoms with Crippen LogP contribution in [0, 0.1) is 0 Å². The molecule has 1 saturated heterocycles. The molecular weight excluding hydrogens is 388 g/mol. The zero-order chi connectivity index (χ0) is 21.7. The first-order valence-corrected chi connectivity index (χ1v) is 9.64. The second-order valence-corrected chi connectivity index (χ2v) is 6.93. The fraction of sp³-hybridized carbons (Fsp3) is 0.381. The van der Waals surface area contributed by atoms with Crippen LogP contribution in [-0.4, -0.2) is 72.5 Å². The number of methoxy groups -OCH3 is 2. The number of amides is 3. The number of hydrogen-bond acceptors (Lipinski definition) is 5. The van der Waals surface area contributed by atoms with Gasteiger partial charge in [0.25, 0.3) is 5.91 Å². The zero-order valence-corrected chi connectivity index (χ0v) is 17.4. The standard InChI is InChI=1S/C21H26N4O5/c1-15(26)23-9-11-24(12-10-23)21(28)18-5-4-8-25(18)14-20(27)22-17-13-16(29-2)6-7-19(17)30-3/h4-8,13H,9-12,14H2,1-3H3,(H,22,27). The Balaban J connectivity index is 1.67. The van der Waals surface area contributed by atoms with Crippen LogP contribution in [0.25, 0.3) is 0 Å². The summed E-state index contributed by atoms with van der Waals surface area (Å²) in [5, 5.41) is 2.80. The van der Waals surface area contributed by atoms with E-state index in [9.17, 15) is 14.4 Å². The number of nitrogens with one attached hydrogen (secondary N) is 1. The SMILES string of the molecule is COc1ccc(OC)c(NC(=O)Cn2cccc2C(=O)N2CCN(C(C)=O)CC2)c1. The van der Waals surface area contributed by atoms with Crippen LogP contribution in [0.5, 0.6) is 11.5 Å². The molecule has 1 N–H and O–H groups in total. The highest BCUT2D eigenvalue weighted by molar-refractivity contribution is 5.95. The average Bonchev–Trinajstić information content (AvgIpc) is 3.21. The van der Waals surface area contributed by atoms with Gasteiger partial charge < -0.3 is 29.2 Å². The number of aromatic nitrogens is 1. The number of nitrogens with zero attached hydrogens (tertiary/aromatic N) is 3. The number of carbonyl (C=O) groups is 3. The topological polar surface area (TPSA) is 93.1 Å². The van der Waals surface area contributed by atoms with E-state index in [0.29, 0.717) is 49.1 Å². The van der Waals surface area contributed by atoms with Crippen LogP contribution in [0.15, 0.2) is 36.5 Å². The molecule has 9 heteroatoms. The maximum Gasteiger partial charge on any atom is 0.270 e. The van der Waals surface area contributed by atoms with Gasteiger partial charge in [0.2, 0.25) is 11.8 Å². The maximum absolute atomic E-state index is 12.9. The fourth-order valence-electron chi connectivity index (χ4n) is 3.39. The molecule has 0 saturated carbocycles. The normalized spacial score (nSPS) is 13.7. The summed E-state index contributed by atoms with van der Waals surface area (Å²) in [7, 11) is 3.06. The molecule has 1 fully saturated rings. The van der Waals surface area contributed by atoms with Crippen LogP contribution in [0.1, 0.15) is 17.4 Å². The van der Waals surface area contributed by atoms with E-state index in [-0.39, 0.29) is 24.3 Å². The number of anilines is 1. The molecule has 0 atom stereocenters. The van der Waals surface area contributed by atoms with E-state index in [1.165, 1.54) is 14.0 Å². The molecule has 1 aliphatic rings.